The molecular formula is C12H19N3. The Bertz CT molecular complexity index is 271. The molecule has 0 bridgehead atoms. The second-order valence-corrected chi connectivity index (χ2v) is 3.28. The highest BCUT2D eigenvalue weighted by molar-refractivity contribution is 5.17. The fourth-order valence-corrected chi connectivity index (χ4v) is 1.33. The minimum absolute atomic E-state index is 1.10. The van der Waals surface area contributed by atoms with Crippen molar-refractivity contribution in [2.45, 2.75) is 0 Å². The zero-order valence-electron chi connectivity index (χ0n) is 9.10. The van der Waals surface area contributed by atoms with E-state index in [0.29, 0.717) is 0 Å². The van der Waals surface area contributed by atoms with Crippen molar-refractivity contribution in [2.75, 3.05) is 26.2 Å². The summed E-state index contributed by atoms with van der Waals surface area (Å²) < 4.78 is 1.89. The summed E-state index contributed by atoms with van der Waals surface area (Å²) in [7, 11) is 0. The van der Waals surface area contributed by atoms with Crippen molar-refractivity contribution in [3.8, 4) is 0 Å². The molecule has 2 rings (SSSR count). The molecule has 1 saturated heterocycles. The molecule has 3 heteroatoms. The molecule has 1 aromatic rings. The van der Waals surface area contributed by atoms with Gasteiger partial charge in [0.05, 0.1) is 0 Å². The van der Waals surface area contributed by atoms with Crippen molar-refractivity contribution in [3.05, 3.63) is 43.9 Å². The quantitative estimate of drug-likeness (QED) is 0.792. The van der Waals surface area contributed by atoms with E-state index in [1.807, 2.05) is 35.3 Å². The van der Waals surface area contributed by atoms with E-state index in [1.165, 1.54) is 0 Å². The molecule has 0 aromatic carbocycles. The van der Waals surface area contributed by atoms with Crippen LogP contribution in [0.4, 0.5) is 0 Å². The van der Waals surface area contributed by atoms with E-state index in [0.717, 1.165) is 26.2 Å². The molecular weight excluding hydrogens is 186 g/mol. The average molecular weight is 205 g/mol. The van der Waals surface area contributed by atoms with Crippen molar-refractivity contribution >= 4 is 6.20 Å². The molecule has 0 unspecified atom stereocenters. The monoisotopic (exact) mass is 205 g/mol. The lowest BCUT2D eigenvalue weighted by Crippen LogP contribution is -2.40. The van der Waals surface area contributed by atoms with E-state index >= 15 is 0 Å². The minimum Gasteiger partial charge on any atom is -0.375 e. The highest BCUT2D eigenvalue weighted by Gasteiger charge is 2.01. The topological polar surface area (TPSA) is 20.2 Å². The van der Waals surface area contributed by atoms with Crippen molar-refractivity contribution in [2.24, 2.45) is 0 Å². The number of nitrogens with one attached hydrogen (secondary N) is 1. The van der Waals surface area contributed by atoms with Gasteiger partial charge >= 0.3 is 0 Å². The third-order valence-electron chi connectivity index (χ3n) is 2.25. The summed E-state index contributed by atoms with van der Waals surface area (Å²) in [6.07, 6.45) is 7.53. The first-order chi connectivity index (χ1) is 7.36. The predicted molar refractivity (Wildman–Crippen MR) is 65.5 cm³/mol. The van der Waals surface area contributed by atoms with Crippen LogP contribution >= 0.6 is 0 Å². The van der Waals surface area contributed by atoms with Gasteiger partial charge in [-0.3, -0.25) is 0 Å². The zero-order chi connectivity index (χ0) is 10.9. The van der Waals surface area contributed by atoms with Crippen molar-refractivity contribution in [1.29, 1.82) is 0 Å². The lowest BCUT2D eigenvalue weighted by molar-refractivity contribution is 0.325. The Labute approximate surface area is 91.7 Å². The molecule has 0 radical (unpaired) electrons. The predicted octanol–water partition coefficient (Wildman–Crippen LogP) is 1.62. The molecule has 1 aromatic heterocycles. The summed E-state index contributed by atoms with van der Waals surface area (Å²) in [6, 6.07) is 3.92. The fourth-order valence-electron chi connectivity index (χ4n) is 1.33. The third-order valence-corrected chi connectivity index (χ3v) is 2.25. The number of hydrogen-bond donors (Lipinski definition) is 1. The van der Waals surface area contributed by atoms with Crippen LogP contribution in [0.5, 0.6) is 0 Å². The highest BCUT2D eigenvalue weighted by atomic mass is 15.2. The van der Waals surface area contributed by atoms with Crippen LogP contribution in [0.25, 0.3) is 6.20 Å². The lowest BCUT2D eigenvalue weighted by atomic mass is 10.4. The van der Waals surface area contributed by atoms with Gasteiger partial charge in [-0.05, 0) is 18.3 Å². The van der Waals surface area contributed by atoms with Crippen LogP contribution in [0, 0.1) is 0 Å². The first-order valence-electron chi connectivity index (χ1n) is 5.19. The Hall–Kier alpha value is -1.48. The van der Waals surface area contributed by atoms with Gasteiger partial charge in [0, 0.05) is 44.8 Å². The smallest absolute Gasteiger partial charge is 0.0298 e. The largest absolute Gasteiger partial charge is 0.375 e. The minimum atomic E-state index is 1.10. The van der Waals surface area contributed by atoms with Crippen LogP contribution in [0.15, 0.2) is 43.9 Å². The van der Waals surface area contributed by atoms with Crippen LogP contribution in [0.3, 0.4) is 0 Å². The van der Waals surface area contributed by atoms with Crippen LogP contribution in [0.1, 0.15) is 0 Å². The Morgan fingerprint density at radius 3 is 1.93 bits per heavy atom. The SMILES string of the molecule is C=CN1CCNCC1.C=Cn1cccc1. The Morgan fingerprint density at radius 1 is 1.00 bits per heavy atom. The fraction of sp³-hybridized carbons (Fsp3) is 0.333. The van der Waals surface area contributed by atoms with Gasteiger partial charge in [-0.15, -0.1) is 0 Å². The Morgan fingerprint density at radius 2 is 1.60 bits per heavy atom. The van der Waals surface area contributed by atoms with Gasteiger partial charge in [0.25, 0.3) is 0 Å². The normalized spacial score (nSPS) is 15.1. The van der Waals surface area contributed by atoms with E-state index < -0.39 is 0 Å². The molecule has 0 atom stereocenters. The van der Waals surface area contributed by atoms with Crippen molar-refractivity contribution in [1.82, 2.24) is 14.8 Å². The molecule has 1 N–H and O–H groups in total. The summed E-state index contributed by atoms with van der Waals surface area (Å²) >= 11 is 0. The molecule has 82 valence electrons. The maximum atomic E-state index is 3.68. The number of rotatable bonds is 2. The van der Waals surface area contributed by atoms with Gasteiger partial charge < -0.3 is 14.8 Å². The second kappa shape index (κ2) is 6.90. The van der Waals surface area contributed by atoms with Crippen LogP contribution < -0.4 is 5.32 Å². The number of hydrogen-bond acceptors (Lipinski definition) is 2. The Kier molecular flexibility index (Phi) is 5.33. The van der Waals surface area contributed by atoms with Crippen LogP contribution in [-0.2, 0) is 0 Å². The van der Waals surface area contributed by atoms with E-state index in [2.05, 4.69) is 23.4 Å². The summed E-state index contributed by atoms with van der Waals surface area (Å²) in [5.74, 6) is 0. The summed E-state index contributed by atoms with van der Waals surface area (Å²) in [6.45, 7) is 11.7. The van der Waals surface area contributed by atoms with E-state index in [9.17, 15) is 0 Å². The van der Waals surface area contributed by atoms with Crippen molar-refractivity contribution in [3.63, 3.8) is 0 Å². The van der Waals surface area contributed by atoms with Gasteiger partial charge in [0.2, 0.25) is 0 Å². The van der Waals surface area contributed by atoms with Gasteiger partial charge in [0.1, 0.15) is 0 Å². The molecule has 15 heavy (non-hydrogen) atoms. The average Bonchev–Trinajstić information content (AvgIpc) is 2.84. The standard InChI is InChI=1S/C6H12N2.C6H7N/c1-2-8-5-3-7-4-6-8;1-2-7-5-3-4-6-7/h2,7H,1,3-6H2;2-6H,1H2. The molecule has 0 aliphatic carbocycles. The first-order valence-corrected chi connectivity index (χ1v) is 5.19. The van der Waals surface area contributed by atoms with E-state index in [1.54, 1.807) is 6.20 Å². The number of nitrogens with zero attached hydrogens (tertiary/aromatic N) is 2. The highest BCUT2D eigenvalue weighted by Crippen LogP contribution is 1.89. The summed E-state index contributed by atoms with van der Waals surface area (Å²) in [4.78, 5) is 2.22. The summed E-state index contributed by atoms with van der Waals surface area (Å²) in [5.41, 5.74) is 0. The van der Waals surface area contributed by atoms with Gasteiger partial charge in [-0.1, -0.05) is 13.2 Å². The summed E-state index contributed by atoms with van der Waals surface area (Å²) in [5, 5.41) is 3.26. The molecule has 1 aliphatic rings. The molecule has 2 heterocycles. The third kappa shape index (κ3) is 4.51. The maximum Gasteiger partial charge on any atom is 0.0298 e. The molecule has 0 amide bonds. The lowest BCUT2D eigenvalue weighted by Gasteiger charge is -2.24. The van der Waals surface area contributed by atoms with Crippen molar-refractivity contribution < 1.29 is 0 Å². The molecule has 1 aliphatic heterocycles. The first kappa shape index (κ1) is 11.6. The number of piperazine rings is 1. The van der Waals surface area contributed by atoms with Gasteiger partial charge in [0.15, 0.2) is 0 Å². The molecule has 1 fully saturated rings. The van der Waals surface area contributed by atoms with Crippen LogP contribution in [-0.4, -0.2) is 35.6 Å². The second-order valence-electron chi connectivity index (χ2n) is 3.28. The zero-order valence-corrected chi connectivity index (χ0v) is 9.10. The van der Waals surface area contributed by atoms with Gasteiger partial charge in [-0.2, -0.15) is 0 Å². The maximum absolute atomic E-state index is 3.68. The van der Waals surface area contributed by atoms with Gasteiger partial charge in [-0.25, -0.2) is 0 Å². The molecule has 0 spiro atoms. The van der Waals surface area contributed by atoms with E-state index in [4.69, 9.17) is 0 Å². The molecule has 0 saturated carbocycles. The van der Waals surface area contributed by atoms with Crippen LogP contribution in [0.2, 0.25) is 0 Å². The Balaban J connectivity index is 0.000000151. The molecule has 3 nitrogen and oxygen atoms in total. The van der Waals surface area contributed by atoms with E-state index in [-0.39, 0.29) is 0 Å². The number of aromatic nitrogens is 1.